The Balaban J connectivity index is 0.811. The molecule has 59 heavy (non-hydrogen) atoms. The number of nitriles is 1. The summed E-state index contributed by atoms with van der Waals surface area (Å²) in [7, 11) is 0. The molecule has 3 fully saturated rings. The zero-order valence-electron chi connectivity index (χ0n) is 33.9. The number of piperazine rings is 1. The van der Waals surface area contributed by atoms with E-state index in [-0.39, 0.29) is 58.5 Å². The molecule has 0 bridgehead atoms. The molecule has 1 aliphatic carbocycles. The van der Waals surface area contributed by atoms with Crippen molar-refractivity contribution in [2.75, 3.05) is 37.6 Å². The van der Waals surface area contributed by atoms with Crippen LogP contribution in [0.1, 0.15) is 108 Å². The predicted octanol–water partition coefficient (Wildman–Crippen LogP) is 6.29. The molecule has 5 amide bonds. The van der Waals surface area contributed by atoms with Crippen LogP contribution in [0.2, 0.25) is 5.02 Å². The number of fused-ring (bicyclic) bond motifs is 1. The fraction of sp³-hybridized carbons (Fsp3) is 0.467. The first-order valence-electron chi connectivity index (χ1n) is 20.4. The van der Waals surface area contributed by atoms with Crippen molar-refractivity contribution in [1.29, 1.82) is 5.26 Å². The summed E-state index contributed by atoms with van der Waals surface area (Å²) in [5, 5.41) is 15.0. The van der Waals surface area contributed by atoms with E-state index in [9.17, 15) is 29.2 Å². The second-order valence-electron chi connectivity index (χ2n) is 17.3. The zero-order valence-corrected chi connectivity index (χ0v) is 34.7. The highest BCUT2D eigenvalue weighted by molar-refractivity contribution is 6.31. The van der Waals surface area contributed by atoms with Gasteiger partial charge in [-0.15, -0.1) is 0 Å². The number of hydrogen-bond donors (Lipinski definition) is 2. The van der Waals surface area contributed by atoms with Gasteiger partial charge < -0.3 is 15.0 Å². The minimum Gasteiger partial charge on any atom is -0.489 e. The molecule has 0 aromatic heterocycles. The molecule has 4 aliphatic rings. The second kappa shape index (κ2) is 16.7. The van der Waals surface area contributed by atoms with E-state index in [0.29, 0.717) is 35.0 Å². The number of carbonyl (C=O) groups is 5. The lowest BCUT2D eigenvalue weighted by molar-refractivity contribution is -0.164. The normalized spacial score (nSPS) is 22.4. The summed E-state index contributed by atoms with van der Waals surface area (Å²) >= 11 is 6.23. The van der Waals surface area contributed by atoms with Crippen molar-refractivity contribution in [1.82, 2.24) is 20.4 Å². The van der Waals surface area contributed by atoms with E-state index in [1.165, 1.54) is 11.6 Å². The van der Waals surface area contributed by atoms with Crippen LogP contribution in [0.15, 0.2) is 54.6 Å². The number of rotatable bonds is 13. The van der Waals surface area contributed by atoms with Crippen LogP contribution in [0.25, 0.3) is 0 Å². The van der Waals surface area contributed by atoms with Gasteiger partial charge in [-0.3, -0.25) is 39.1 Å². The standard InChI is InChI=1S/C45H50ClFN6O6/c1-44(2)42(45(3,4)43(44)59-30-15-14-29(26-48)33(46)23-30)50-38(55)28-12-10-27(11-13-28)9-7-5-6-8-18-51-19-21-52(22-20-51)36-25-32-31(24-34(36)47)40(57)53(41(32)58)35-16-17-37(54)49-39(35)56/h10-15,23-25,35,42-43H,5-9,16-22H2,1-4H3,(H,50,55)(H,49,54,56). The number of amides is 5. The third-order valence-corrected chi connectivity index (χ3v) is 12.9. The van der Waals surface area contributed by atoms with Gasteiger partial charge in [0.2, 0.25) is 11.8 Å². The molecule has 2 saturated heterocycles. The highest BCUT2D eigenvalue weighted by Crippen LogP contribution is 2.55. The number of ether oxygens (including phenoxy) is 1. The van der Waals surface area contributed by atoms with Gasteiger partial charge in [0.25, 0.3) is 17.7 Å². The number of halogens is 2. The molecule has 1 saturated carbocycles. The van der Waals surface area contributed by atoms with E-state index in [1.54, 1.807) is 18.2 Å². The summed E-state index contributed by atoms with van der Waals surface area (Å²) < 4.78 is 21.7. The van der Waals surface area contributed by atoms with Gasteiger partial charge in [-0.05, 0) is 74.2 Å². The molecule has 3 aliphatic heterocycles. The first-order chi connectivity index (χ1) is 28.1. The Morgan fingerprint density at radius 2 is 1.58 bits per heavy atom. The lowest BCUT2D eigenvalue weighted by Gasteiger charge is -2.63. The Hall–Kier alpha value is -5.32. The average molecular weight is 825 g/mol. The molecule has 14 heteroatoms. The Morgan fingerprint density at radius 3 is 2.22 bits per heavy atom. The van der Waals surface area contributed by atoms with Crippen molar-refractivity contribution in [3.63, 3.8) is 0 Å². The fourth-order valence-corrected chi connectivity index (χ4v) is 9.80. The molecule has 3 heterocycles. The number of carbonyl (C=O) groups excluding carboxylic acids is 5. The number of hydrogen-bond acceptors (Lipinski definition) is 9. The number of piperidine rings is 1. The number of aryl methyl sites for hydroxylation is 1. The van der Waals surface area contributed by atoms with Crippen molar-refractivity contribution in [2.24, 2.45) is 10.8 Å². The number of nitrogens with zero attached hydrogens (tertiary/aromatic N) is 4. The van der Waals surface area contributed by atoms with Gasteiger partial charge in [0.15, 0.2) is 0 Å². The van der Waals surface area contributed by atoms with Gasteiger partial charge >= 0.3 is 0 Å². The van der Waals surface area contributed by atoms with E-state index in [0.717, 1.165) is 62.7 Å². The fourth-order valence-electron chi connectivity index (χ4n) is 9.58. The average Bonchev–Trinajstić information content (AvgIpc) is 3.44. The van der Waals surface area contributed by atoms with Gasteiger partial charge in [0.1, 0.15) is 29.8 Å². The first-order valence-corrected chi connectivity index (χ1v) is 20.8. The predicted molar refractivity (Wildman–Crippen MR) is 220 cm³/mol. The number of nitrogens with one attached hydrogen (secondary N) is 2. The van der Waals surface area contributed by atoms with Crippen LogP contribution in [-0.2, 0) is 16.0 Å². The molecular formula is C45H50ClFN6O6. The van der Waals surface area contributed by atoms with Crippen molar-refractivity contribution < 1.29 is 33.1 Å². The summed E-state index contributed by atoms with van der Waals surface area (Å²) in [6.45, 7) is 11.9. The Bertz CT molecular complexity index is 2200. The van der Waals surface area contributed by atoms with Gasteiger partial charge in [-0.2, -0.15) is 5.26 Å². The highest BCUT2D eigenvalue weighted by atomic mass is 35.5. The zero-order chi connectivity index (χ0) is 42.2. The summed E-state index contributed by atoms with van der Waals surface area (Å²) in [5.41, 5.74) is 1.77. The number of imide groups is 2. The van der Waals surface area contributed by atoms with Crippen LogP contribution in [0.5, 0.6) is 5.75 Å². The number of unbranched alkanes of at least 4 members (excludes halogenated alkanes) is 3. The van der Waals surface area contributed by atoms with Gasteiger partial charge in [-0.1, -0.05) is 64.3 Å². The topological polar surface area (TPSA) is 152 Å². The van der Waals surface area contributed by atoms with Gasteiger partial charge in [0.05, 0.1) is 27.4 Å². The molecule has 0 spiro atoms. The second-order valence-corrected chi connectivity index (χ2v) is 17.7. The molecule has 1 atom stereocenters. The molecule has 0 radical (unpaired) electrons. The van der Waals surface area contributed by atoms with Gasteiger partial charge in [0, 0.05) is 61.1 Å². The van der Waals surface area contributed by atoms with E-state index in [1.807, 2.05) is 29.2 Å². The summed E-state index contributed by atoms with van der Waals surface area (Å²) in [6.07, 6.45) is 5.04. The summed E-state index contributed by atoms with van der Waals surface area (Å²) in [6, 6.07) is 16.2. The minimum absolute atomic E-state index is 0.0185. The van der Waals surface area contributed by atoms with Crippen molar-refractivity contribution >= 4 is 46.8 Å². The third kappa shape index (κ3) is 8.30. The quantitative estimate of drug-likeness (QED) is 0.150. The van der Waals surface area contributed by atoms with Crippen LogP contribution in [0.3, 0.4) is 0 Å². The molecule has 310 valence electrons. The Morgan fingerprint density at radius 1 is 0.915 bits per heavy atom. The van der Waals surface area contributed by atoms with Crippen molar-refractivity contribution in [3.8, 4) is 11.8 Å². The maximum atomic E-state index is 15.3. The molecule has 12 nitrogen and oxygen atoms in total. The monoisotopic (exact) mass is 824 g/mol. The van der Waals surface area contributed by atoms with Crippen molar-refractivity contribution in [2.45, 2.75) is 90.8 Å². The molecule has 3 aromatic rings. The summed E-state index contributed by atoms with van der Waals surface area (Å²) in [5.74, 6) is -2.63. The summed E-state index contributed by atoms with van der Waals surface area (Å²) in [4.78, 5) is 68.7. The smallest absolute Gasteiger partial charge is 0.262 e. The van der Waals surface area contributed by atoms with E-state index in [4.69, 9.17) is 16.3 Å². The number of anilines is 1. The van der Waals surface area contributed by atoms with Crippen LogP contribution in [-0.4, -0.2) is 90.2 Å². The SMILES string of the molecule is CC1(C)C(NC(=O)c2ccc(CCCCCCN3CCN(c4cc5c(cc4F)C(=O)N(C4CCC(=O)NC4=O)C5=O)CC3)cc2)C(C)(C)C1Oc1ccc(C#N)c(Cl)c1. The number of benzene rings is 3. The molecular weight excluding hydrogens is 775 g/mol. The van der Waals surface area contributed by atoms with Crippen LogP contribution in [0, 0.1) is 28.0 Å². The van der Waals surface area contributed by atoms with E-state index < -0.39 is 35.5 Å². The molecule has 3 aromatic carbocycles. The first kappa shape index (κ1) is 41.8. The van der Waals surface area contributed by atoms with Crippen LogP contribution in [0.4, 0.5) is 10.1 Å². The molecule has 7 rings (SSSR count). The maximum Gasteiger partial charge on any atom is 0.262 e. The Kier molecular flexibility index (Phi) is 11.9. The van der Waals surface area contributed by atoms with Crippen LogP contribution >= 0.6 is 11.6 Å². The highest BCUT2D eigenvalue weighted by Gasteiger charge is 2.64. The third-order valence-electron chi connectivity index (χ3n) is 12.6. The Labute approximate surface area is 349 Å². The lowest BCUT2D eigenvalue weighted by atomic mass is 9.49. The maximum absolute atomic E-state index is 15.3. The molecule has 2 N–H and O–H groups in total. The van der Waals surface area contributed by atoms with E-state index in [2.05, 4.69) is 49.3 Å². The van der Waals surface area contributed by atoms with Gasteiger partial charge in [-0.25, -0.2) is 4.39 Å². The van der Waals surface area contributed by atoms with E-state index >= 15 is 4.39 Å². The van der Waals surface area contributed by atoms with Crippen LogP contribution < -0.4 is 20.3 Å². The van der Waals surface area contributed by atoms with Crippen molar-refractivity contribution in [3.05, 3.63) is 93.3 Å². The minimum atomic E-state index is -1.10. The molecule has 1 unspecified atom stereocenters. The largest absolute Gasteiger partial charge is 0.489 e. The lowest BCUT2D eigenvalue weighted by Crippen LogP contribution is -2.74.